The maximum atomic E-state index is 8.99. The van der Waals surface area contributed by atoms with Crippen LogP contribution in [0.3, 0.4) is 0 Å². The van der Waals surface area contributed by atoms with Gasteiger partial charge in [-0.25, -0.2) is 0 Å². The summed E-state index contributed by atoms with van der Waals surface area (Å²) in [6.07, 6.45) is 1.08. The van der Waals surface area contributed by atoms with Gasteiger partial charge in [0.1, 0.15) is 0 Å². The van der Waals surface area contributed by atoms with Crippen LogP contribution < -0.4 is 10.6 Å². The van der Waals surface area contributed by atoms with Gasteiger partial charge in [0.15, 0.2) is 0 Å². The van der Waals surface area contributed by atoms with E-state index in [1.54, 1.807) is 0 Å². The molecule has 106 valence electrons. The molecular weight excluding hydrogens is 240 g/mol. The quantitative estimate of drug-likeness (QED) is 0.718. The average molecular weight is 264 g/mol. The summed E-state index contributed by atoms with van der Waals surface area (Å²) in [7, 11) is 0. The summed E-state index contributed by atoms with van der Waals surface area (Å²) in [6, 6.07) is 8.99. The Morgan fingerprint density at radius 3 is 2.74 bits per heavy atom. The Morgan fingerprint density at radius 2 is 2.11 bits per heavy atom. The second-order valence-corrected chi connectivity index (χ2v) is 5.22. The molecule has 19 heavy (non-hydrogen) atoms. The predicted octanol–water partition coefficient (Wildman–Crippen LogP) is 1.04. The zero-order valence-electron chi connectivity index (χ0n) is 11.6. The zero-order valence-corrected chi connectivity index (χ0v) is 11.6. The number of ether oxygens (including phenoxy) is 1. The molecule has 1 fully saturated rings. The first-order chi connectivity index (χ1) is 9.28. The van der Waals surface area contributed by atoms with Crippen LogP contribution in [0.4, 0.5) is 0 Å². The van der Waals surface area contributed by atoms with Crippen molar-refractivity contribution in [2.45, 2.75) is 38.6 Å². The third kappa shape index (κ3) is 4.91. The Hall–Kier alpha value is -0.940. The molecular formula is C15H24N2O2. The number of benzene rings is 1. The van der Waals surface area contributed by atoms with Gasteiger partial charge in [0.25, 0.3) is 0 Å². The smallest absolute Gasteiger partial charge is 0.0681 e. The fraction of sp³-hybridized carbons (Fsp3) is 0.600. The van der Waals surface area contributed by atoms with Crippen LogP contribution in [0.25, 0.3) is 0 Å². The van der Waals surface area contributed by atoms with Gasteiger partial charge in [0.2, 0.25) is 0 Å². The summed E-state index contributed by atoms with van der Waals surface area (Å²) >= 11 is 0. The standard InChI is InChI=1S/C15H24N2O2/c1-12(8-15-11-19-7-6-16-15)17-9-13-2-4-14(10-18)5-3-13/h2-5,12,15-18H,6-11H2,1H3. The molecule has 1 aliphatic rings. The minimum absolute atomic E-state index is 0.109. The summed E-state index contributed by atoms with van der Waals surface area (Å²) in [5, 5.41) is 16.0. The first-order valence-electron chi connectivity index (χ1n) is 7.01. The molecule has 2 unspecified atom stereocenters. The molecule has 1 saturated heterocycles. The monoisotopic (exact) mass is 264 g/mol. The molecule has 1 aromatic carbocycles. The molecule has 3 N–H and O–H groups in total. The van der Waals surface area contributed by atoms with Crippen molar-refractivity contribution >= 4 is 0 Å². The highest BCUT2D eigenvalue weighted by atomic mass is 16.5. The van der Waals surface area contributed by atoms with Gasteiger partial charge in [-0.2, -0.15) is 0 Å². The Labute approximate surface area is 115 Å². The number of hydrogen-bond acceptors (Lipinski definition) is 4. The van der Waals surface area contributed by atoms with Crippen LogP contribution in [0.5, 0.6) is 0 Å². The van der Waals surface area contributed by atoms with E-state index >= 15 is 0 Å². The van der Waals surface area contributed by atoms with E-state index in [2.05, 4.69) is 29.7 Å². The summed E-state index contributed by atoms with van der Waals surface area (Å²) in [6.45, 7) is 5.78. The number of rotatable bonds is 6. The SMILES string of the molecule is CC(CC1COCCN1)NCc1ccc(CO)cc1. The molecule has 1 aliphatic heterocycles. The van der Waals surface area contributed by atoms with Crippen molar-refractivity contribution in [1.82, 2.24) is 10.6 Å². The van der Waals surface area contributed by atoms with Gasteiger partial charge >= 0.3 is 0 Å². The maximum Gasteiger partial charge on any atom is 0.0681 e. The second-order valence-electron chi connectivity index (χ2n) is 5.22. The zero-order chi connectivity index (χ0) is 13.5. The summed E-state index contributed by atoms with van der Waals surface area (Å²) < 4.78 is 5.46. The predicted molar refractivity (Wildman–Crippen MR) is 75.9 cm³/mol. The largest absolute Gasteiger partial charge is 0.392 e. The molecule has 0 saturated carbocycles. The van der Waals surface area contributed by atoms with Crippen LogP contribution >= 0.6 is 0 Å². The van der Waals surface area contributed by atoms with Gasteiger partial charge in [-0.05, 0) is 24.5 Å². The van der Waals surface area contributed by atoms with E-state index in [0.29, 0.717) is 12.1 Å². The van der Waals surface area contributed by atoms with Gasteiger partial charge in [0.05, 0.1) is 19.8 Å². The highest BCUT2D eigenvalue weighted by Gasteiger charge is 2.15. The lowest BCUT2D eigenvalue weighted by molar-refractivity contribution is 0.0712. The summed E-state index contributed by atoms with van der Waals surface area (Å²) in [5.74, 6) is 0. The molecule has 4 nitrogen and oxygen atoms in total. The third-order valence-corrected chi connectivity index (χ3v) is 3.50. The van der Waals surface area contributed by atoms with E-state index in [9.17, 15) is 0 Å². The number of morpholine rings is 1. The van der Waals surface area contributed by atoms with Crippen molar-refractivity contribution in [2.24, 2.45) is 0 Å². The van der Waals surface area contributed by atoms with Gasteiger partial charge in [-0.15, -0.1) is 0 Å². The van der Waals surface area contributed by atoms with Crippen LogP contribution in [0.15, 0.2) is 24.3 Å². The molecule has 0 aromatic heterocycles. The molecule has 0 radical (unpaired) electrons. The summed E-state index contributed by atoms with van der Waals surface area (Å²) in [5.41, 5.74) is 2.21. The van der Waals surface area contributed by atoms with Gasteiger partial charge in [-0.3, -0.25) is 0 Å². The molecule has 0 amide bonds. The van der Waals surface area contributed by atoms with Crippen LogP contribution in [0, 0.1) is 0 Å². The summed E-state index contributed by atoms with van der Waals surface area (Å²) in [4.78, 5) is 0. The highest BCUT2D eigenvalue weighted by molar-refractivity contribution is 5.21. The van der Waals surface area contributed by atoms with Crippen molar-refractivity contribution in [3.63, 3.8) is 0 Å². The average Bonchev–Trinajstić information content (AvgIpc) is 2.47. The number of hydrogen-bond donors (Lipinski definition) is 3. The molecule has 2 atom stereocenters. The lowest BCUT2D eigenvalue weighted by atomic mass is 10.1. The Bertz CT molecular complexity index is 361. The molecule has 0 spiro atoms. The van der Waals surface area contributed by atoms with E-state index < -0.39 is 0 Å². The van der Waals surface area contributed by atoms with Crippen LogP contribution in [0.1, 0.15) is 24.5 Å². The fourth-order valence-electron chi connectivity index (χ4n) is 2.34. The molecule has 1 heterocycles. The Balaban J connectivity index is 1.71. The lowest BCUT2D eigenvalue weighted by Gasteiger charge is -2.26. The van der Waals surface area contributed by atoms with Crippen LogP contribution in [-0.4, -0.2) is 36.9 Å². The molecule has 0 bridgehead atoms. The van der Waals surface area contributed by atoms with E-state index in [1.807, 2.05) is 12.1 Å². The highest BCUT2D eigenvalue weighted by Crippen LogP contribution is 2.06. The lowest BCUT2D eigenvalue weighted by Crippen LogP contribution is -2.44. The number of aliphatic hydroxyl groups excluding tert-OH is 1. The topological polar surface area (TPSA) is 53.5 Å². The van der Waals surface area contributed by atoms with Crippen LogP contribution in [0.2, 0.25) is 0 Å². The van der Waals surface area contributed by atoms with Crippen molar-refractivity contribution in [1.29, 1.82) is 0 Å². The maximum absolute atomic E-state index is 8.99. The van der Waals surface area contributed by atoms with Crippen molar-refractivity contribution < 1.29 is 9.84 Å². The van der Waals surface area contributed by atoms with E-state index in [0.717, 1.165) is 38.3 Å². The van der Waals surface area contributed by atoms with Crippen molar-refractivity contribution in [2.75, 3.05) is 19.8 Å². The van der Waals surface area contributed by atoms with Gasteiger partial charge < -0.3 is 20.5 Å². The van der Waals surface area contributed by atoms with Gasteiger partial charge in [-0.1, -0.05) is 24.3 Å². The minimum atomic E-state index is 0.109. The Kier molecular flexibility index (Phi) is 5.79. The minimum Gasteiger partial charge on any atom is -0.392 e. The molecule has 2 rings (SSSR count). The van der Waals surface area contributed by atoms with Crippen LogP contribution in [-0.2, 0) is 17.9 Å². The first-order valence-corrected chi connectivity index (χ1v) is 7.01. The van der Waals surface area contributed by atoms with E-state index in [1.165, 1.54) is 5.56 Å². The molecule has 4 heteroatoms. The van der Waals surface area contributed by atoms with Crippen molar-refractivity contribution in [3.05, 3.63) is 35.4 Å². The molecule has 1 aromatic rings. The van der Waals surface area contributed by atoms with E-state index in [-0.39, 0.29) is 6.61 Å². The number of nitrogens with one attached hydrogen (secondary N) is 2. The van der Waals surface area contributed by atoms with Gasteiger partial charge in [0, 0.05) is 25.2 Å². The van der Waals surface area contributed by atoms with E-state index in [4.69, 9.17) is 9.84 Å². The third-order valence-electron chi connectivity index (χ3n) is 3.50. The normalized spacial score (nSPS) is 21.3. The molecule has 0 aliphatic carbocycles. The van der Waals surface area contributed by atoms with Crippen molar-refractivity contribution in [3.8, 4) is 0 Å². The fourth-order valence-corrected chi connectivity index (χ4v) is 2.34. The first kappa shape index (κ1) is 14.5. The Morgan fingerprint density at radius 1 is 1.37 bits per heavy atom. The number of aliphatic hydroxyl groups is 1. The second kappa shape index (κ2) is 7.60.